The molecule has 1 unspecified atom stereocenters. The number of aromatic hydroxyl groups is 1. The van der Waals surface area contributed by atoms with Gasteiger partial charge in [0, 0.05) is 11.3 Å². The van der Waals surface area contributed by atoms with Gasteiger partial charge in [0.1, 0.15) is 17.3 Å². The van der Waals surface area contributed by atoms with Crippen LogP contribution < -0.4 is 4.90 Å². The summed E-state index contributed by atoms with van der Waals surface area (Å²) in [5, 5.41) is 20.7. The first-order chi connectivity index (χ1) is 16.3. The molecule has 3 aromatic rings. The van der Waals surface area contributed by atoms with Crippen LogP contribution in [-0.2, 0) is 14.3 Å². The van der Waals surface area contributed by atoms with Gasteiger partial charge in [0.05, 0.1) is 23.8 Å². The van der Waals surface area contributed by atoms with E-state index < -0.39 is 35.3 Å². The molecule has 1 aliphatic rings. The van der Waals surface area contributed by atoms with E-state index in [0.29, 0.717) is 5.56 Å². The van der Waals surface area contributed by atoms with Gasteiger partial charge in [-0.25, -0.2) is 9.18 Å². The van der Waals surface area contributed by atoms with Gasteiger partial charge >= 0.3 is 5.97 Å². The van der Waals surface area contributed by atoms with E-state index in [0.717, 1.165) is 12.1 Å². The Bertz CT molecular complexity index is 1300. The lowest BCUT2D eigenvalue weighted by molar-refractivity contribution is -0.132. The van der Waals surface area contributed by atoms with Crippen LogP contribution in [0.3, 0.4) is 0 Å². The standard InChI is InChI=1S/C26H20FNO6/c1-2-34-26(33)17-4-3-5-19(14-17)28-22(15-8-12-20(29)13-9-15)21(24(31)25(28)32)23(30)16-6-10-18(27)11-7-16/h3-14,22,29-30H,2H2,1H3/b23-21+. The first kappa shape index (κ1) is 22.7. The van der Waals surface area contributed by atoms with Crippen LogP contribution in [0.2, 0.25) is 0 Å². The number of amides is 1. The van der Waals surface area contributed by atoms with Gasteiger partial charge in [0.2, 0.25) is 0 Å². The number of ether oxygens (including phenoxy) is 1. The molecule has 1 heterocycles. The predicted octanol–water partition coefficient (Wildman–Crippen LogP) is 4.33. The third kappa shape index (κ3) is 4.13. The number of hydrogen-bond acceptors (Lipinski definition) is 6. The number of aliphatic hydroxyl groups is 1. The highest BCUT2D eigenvalue weighted by Crippen LogP contribution is 2.42. The van der Waals surface area contributed by atoms with Gasteiger partial charge in [0.25, 0.3) is 11.7 Å². The first-order valence-electron chi connectivity index (χ1n) is 10.4. The second kappa shape index (κ2) is 9.19. The summed E-state index contributed by atoms with van der Waals surface area (Å²) in [4.78, 5) is 39.7. The molecule has 2 N–H and O–H groups in total. The van der Waals surface area contributed by atoms with E-state index >= 15 is 0 Å². The van der Waals surface area contributed by atoms with Crippen molar-refractivity contribution in [3.8, 4) is 5.75 Å². The summed E-state index contributed by atoms with van der Waals surface area (Å²) in [5.74, 6) is -3.47. The number of anilines is 1. The van der Waals surface area contributed by atoms with Crippen LogP contribution in [0.1, 0.15) is 34.5 Å². The van der Waals surface area contributed by atoms with Crippen molar-refractivity contribution in [2.75, 3.05) is 11.5 Å². The number of halogens is 1. The van der Waals surface area contributed by atoms with Gasteiger partial charge in [-0.15, -0.1) is 0 Å². The maximum Gasteiger partial charge on any atom is 0.338 e. The number of carbonyl (C=O) groups excluding carboxylic acids is 3. The van der Waals surface area contributed by atoms with Crippen LogP contribution >= 0.6 is 0 Å². The number of nitrogens with zero attached hydrogens (tertiary/aromatic N) is 1. The Morgan fingerprint density at radius 2 is 1.68 bits per heavy atom. The zero-order valence-corrected chi connectivity index (χ0v) is 18.1. The van der Waals surface area contributed by atoms with E-state index in [1.54, 1.807) is 19.1 Å². The first-order valence-corrected chi connectivity index (χ1v) is 10.4. The van der Waals surface area contributed by atoms with E-state index in [1.165, 1.54) is 53.4 Å². The molecule has 0 spiro atoms. The summed E-state index contributed by atoms with van der Waals surface area (Å²) >= 11 is 0. The number of Topliss-reactive ketones (excluding diaryl/α,β-unsaturated/α-hetero) is 1. The summed E-state index contributed by atoms with van der Waals surface area (Å²) in [5.41, 5.74) is 0.808. The van der Waals surface area contributed by atoms with Crippen molar-refractivity contribution in [2.24, 2.45) is 0 Å². The number of phenols is 1. The Balaban J connectivity index is 1.90. The molecule has 1 atom stereocenters. The summed E-state index contributed by atoms with van der Waals surface area (Å²) in [6.07, 6.45) is 0. The highest BCUT2D eigenvalue weighted by Gasteiger charge is 2.47. The lowest BCUT2D eigenvalue weighted by Crippen LogP contribution is -2.29. The van der Waals surface area contributed by atoms with Crippen molar-refractivity contribution in [1.29, 1.82) is 0 Å². The van der Waals surface area contributed by atoms with E-state index in [1.807, 2.05) is 0 Å². The second-order valence-corrected chi connectivity index (χ2v) is 7.54. The molecule has 0 saturated carbocycles. The van der Waals surface area contributed by atoms with Crippen LogP contribution in [0, 0.1) is 5.82 Å². The third-order valence-corrected chi connectivity index (χ3v) is 5.41. The fraction of sp³-hybridized carbons (Fsp3) is 0.115. The number of benzene rings is 3. The molecule has 7 nitrogen and oxygen atoms in total. The lowest BCUT2D eigenvalue weighted by atomic mass is 9.95. The third-order valence-electron chi connectivity index (χ3n) is 5.41. The molecule has 1 aliphatic heterocycles. The SMILES string of the molecule is CCOC(=O)c1cccc(N2C(=O)C(=O)/C(=C(/O)c3ccc(F)cc3)C2c2ccc(O)cc2)c1. The fourth-order valence-electron chi connectivity index (χ4n) is 3.83. The van der Waals surface area contributed by atoms with Crippen molar-refractivity contribution >= 4 is 29.1 Å². The molecule has 172 valence electrons. The van der Waals surface area contributed by atoms with Gasteiger partial charge in [0.15, 0.2) is 0 Å². The number of carbonyl (C=O) groups is 3. The largest absolute Gasteiger partial charge is 0.508 e. The molecule has 4 rings (SSSR count). The number of phenolic OH excluding ortho intramolecular Hbond substituents is 1. The molecule has 0 aliphatic carbocycles. The maximum atomic E-state index is 13.4. The Labute approximate surface area is 194 Å². The Kier molecular flexibility index (Phi) is 6.14. The van der Waals surface area contributed by atoms with Crippen molar-refractivity contribution in [2.45, 2.75) is 13.0 Å². The summed E-state index contributed by atoms with van der Waals surface area (Å²) in [7, 11) is 0. The van der Waals surface area contributed by atoms with Gasteiger partial charge < -0.3 is 14.9 Å². The second-order valence-electron chi connectivity index (χ2n) is 7.54. The van der Waals surface area contributed by atoms with Crippen LogP contribution in [0.5, 0.6) is 5.75 Å². The number of hydrogen-bond donors (Lipinski definition) is 2. The zero-order valence-electron chi connectivity index (χ0n) is 18.1. The Morgan fingerprint density at radius 1 is 1.00 bits per heavy atom. The topological polar surface area (TPSA) is 104 Å². The van der Waals surface area contributed by atoms with Crippen molar-refractivity contribution in [3.05, 3.63) is 101 Å². The van der Waals surface area contributed by atoms with Crippen molar-refractivity contribution in [1.82, 2.24) is 0 Å². The van der Waals surface area contributed by atoms with Crippen LogP contribution in [0.15, 0.2) is 78.4 Å². The minimum absolute atomic E-state index is 0.0245. The lowest BCUT2D eigenvalue weighted by Gasteiger charge is -2.25. The van der Waals surface area contributed by atoms with Gasteiger partial charge in [-0.1, -0.05) is 18.2 Å². The Hall–Kier alpha value is -4.46. The minimum atomic E-state index is -1.07. The van der Waals surface area contributed by atoms with Crippen molar-refractivity contribution in [3.63, 3.8) is 0 Å². The van der Waals surface area contributed by atoms with E-state index in [4.69, 9.17) is 4.74 Å². The predicted molar refractivity (Wildman–Crippen MR) is 122 cm³/mol. The maximum absolute atomic E-state index is 13.4. The molecule has 3 aromatic carbocycles. The number of aliphatic hydroxyl groups excluding tert-OH is 1. The minimum Gasteiger partial charge on any atom is -0.508 e. The van der Waals surface area contributed by atoms with Crippen molar-refractivity contribution < 1.29 is 33.7 Å². The molecule has 0 bridgehead atoms. The highest BCUT2D eigenvalue weighted by atomic mass is 19.1. The molecule has 34 heavy (non-hydrogen) atoms. The number of esters is 1. The van der Waals surface area contributed by atoms with Crippen LogP contribution in [-0.4, -0.2) is 34.5 Å². The van der Waals surface area contributed by atoms with E-state index in [-0.39, 0.29) is 34.7 Å². The quantitative estimate of drug-likeness (QED) is 0.254. The number of rotatable bonds is 5. The smallest absolute Gasteiger partial charge is 0.338 e. The molecule has 1 amide bonds. The molecular formula is C26H20FNO6. The average molecular weight is 461 g/mol. The summed E-state index contributed by atoms with van der Waals surface area (Å²) in [6.45, 7) is 1.83. The molecule has 1 fully saturated rings. The molecule has 0 radical (unpaired) electrons. The van der Waals surface area contributed by atoms with E-state index in [2.05, 4.69) is 0 Å². The Morgan fingerprint density at radius 3 is 2.32 bits per heavy atom. The molecule has 1 saturated heterocycles. The van der Waals surface area contributed by atoms with E-state index in [9.17, 15) is 29.0 Å². The van der Waals surface area contributed by atoms with Gasteiger partial charge in [-0.2, -0.15) is 0 Å². The van der Waals surface area contributed by atoms with Crippen LogP contribution in [0.25, 0.3) is 5.76 Å². The highest BCUT2D eigenvalue weighted by molar-refractivity contribution is 6.51. The van der Waals surface area contributed by atoms with Crippen LogP contribution in [0.4, 0.5) is 10.1 Å². The number of ketones is 1. The summed E-state index contributed by atoms with van der Waals surface area (Å²) in [6, 6.07) is 15.7. The van der Waals surface area contributed by atoms with Gasteiger partial charge in [-0.05, 0) is 67.1 Å². The molecule has 8 heteroatoms. The average Bonchev–Trinajstić information content (AvgIpc) is 3.10. The monoisotopic (exact) mass is 461 g/mol. The molecular weight excluding hydrogens is 441 g/mol. The fourth-order valence-corrected chi connectivity index (χ4v) is 3.83. The normalized spacial score (nSPS) is 17.1. The molecule has 0 aromatic heterocycles. The zero-order chi connectivity index (χ0) is 24.4. The van der Waals surface area contributed by atoms with Gasteiger partial charge in [-0.3, -0.25) is 14.5 Å². The summed E-state index contributed by atoms with van der Waals surface area (Å²) < 4.78 is 18.4.